The van der Waals surface area contributed by atoms with Crippen molar-refractivity contribution in [2.45, 2.75) is 33.7 Å². The zero-order valence-corrected chi connectivity index (χ0v) is 22.0. The minimum atomic E-state index is -0.121. The number of likely N-dealkylation sites (N-methyl/N-ethyl adjacent to an activating group) is 1. The van der Waals surface area contributed by atoms with Crippen molar-refractivity contribution in [1.29, 1.82) is 0 Å². The molecule has 3 aromatic rings. The Labute approximate surface area is 210 Å². The van der Waals surface area contributed by atoms with Crippen LogP contribution in [0.1, 0.15) is 34.9 Å². The van der Waals surface area contributed by atoms with Crippen LogP contribution in [0, 0.1) is 13.8 Å². The normalized spacial score (nSPS) is 16.4. The number of hydrogen-bond acceptors (Lipinski definition) is 9. The Balaban J connectivity index is 1.46. The summed E-state index contributed by atoms with van der Waals surface area (Å²) in [6, 6.07) is 6.33. The number of piperazine rings is 1. The van der Waals surface area contributed by atoms with Gasteiger partial charge in [-0.3, -0.25) is 9.69 Å². The first-order chi connectivity index (χ1) is 16.7. The summed E-state index contributed by atoms with van der Waals surface area (Å²) in [7, 11) is 4.10. The first kappa shape index (κ1) is 23.5. The number of fused-ring (bicyclic) bond motifs is 2. The summed E-state index contributed by atoms with van der Waals surface area (Å²) in [5.74, 6) is 1.05. The van der Waals surface area contributed by atoms with Crippen LogP contribution in [0.15, 0.2) is 24.4 Å². The van der Waals surface area contributed by atoms with Crippen molar-refractivity contribution in [3.63, 3.8) is 0 Å². The molecular formula is C25H32N8OS. The van der Waals surface area contributed by atoms with Gasteiger partial charge >= 0.3 is 0 Å². The molecule has 1 aromatic carbocycles. The number of nitrogens with one attached hydrogen (secondary N) is 1. The minimum Gasteiger partial charge on any atom is -0.369 e. The maximum atomic E-state index is 13.4. The maximum absolute atomic E-state index is 13.4. The van der Waals surface area contributed by atoms with E-state index in [1.165, 1.54) is 22.6 Å². The third-order valence-electron chi connectivity index (χ3n) is 6.58. The highest BCUT2D eigenvalue weighted by Gasteiger charge is 2.35. The summed E-state index contributed by atoms with van der Waals surface area (Å²) < 4.78 is 0. The number of rotatable bonds is 4. The topological polar surface area (TPSA) is 80.7 Å². The zero-order chi connectivity index (χ0) is 24.9. The predicted molar refractivity (Wildman–Crippen MR) is 143 cm³/mol. The van der Waals surface area contributed by atoms with E-state index in [0.29, 0.717) is 23.1 Å². The number of aromatic nitrogens is 3. The van der Waals surface area contributed by atoms with Gasteiger partial charge in [0.15, 0.2) is 11.5 Å². The van der Waals surface area contributed by atoms with Gasteiger partial charge in [-0.05, 0) is 58.5 Å². The summed E-state index contributed by atoms with van der Waals surface area (Å²) in [6.07, 6.45) is 1.73. The lowest BCUT2D eigenvalue weighted by molar-refractivity contribution is 0.0977. The van der Waals surface area contributed by atoms with Crippen LogP contribution in [0.4, 0.5) is 33.8 Å². The largest absolute Gasteiger partial charge is 0.369 e. The third kappa shape index (κ3) is 4.32. The van der Waals surface area contributed by atoms with E-state index in [0.717, 1.165) is 41.9 Å². The van der Waals surface area contributed by atoms with Crippen molar-refractivity contribution in [2.24, 2.45) is 0 Å². The molecule has 1 N–H and O–H groups in total. The van der Waals surface area contributed by atoms with E-state index in [1.54, 1.807) is 11.1 Å². The van der Waals surface area contributed by atoms with E-state index >= 15 is 0 Å². The minimum absolute atomic E-state index is 0.0604. The maximum Gasteiger partial charge on any atom is 0.280 e. The van der Waals surface area contributed by atoms with Crippen LogP contribution in [0.25, 0.3) is 0 Å². The zero-order valence-electron chi connectivity index (χ0n) is 21.2. The quantitative estimate of drug-likeness (QED) is 0.581. The van der Waals surface area contributed by atoms with Gasteiger partial charge in [0.2, 0.25) is 5.95 Å². The van der Waals surface area contributed by atoms with Gasteiger partial charge in [-0.1, -0.05) is 0 Å². The average Bonchev–Trinajstić information content (AvgIpc) is 3.18. The second-order valence-corrected chi connectivity index (χ2v) is 10.7. The molecule has 5 rings (SSSR count). The number of carbonyl (C=O) groups is 1. The fourth-order valence-corrected chi connectivity index (χ4v) is 5.59. The highest BCUT2D eigenvalue weighted by molar-refractivity contribution is 7.16. The molecular weight excluding hydrogens is 460 g/mol. The van der Waals surface area contributed by atoms with Gasteiger partial charge in [0.05, 0.1) is 11.2 Å². The van der Waals surface area contributed by atoms with Crippen molar-refractivity contribution in [3.8, 4) is 0 Å². The number of hydrogen-bond donors (Lipinski definition) is 1. The molecule has 0 saturated carbocycles. The molecule has 0 bridgehead atoms. The molecule has 10 heteroatoms. The molecule has 0 radical (unpaired) electrons. The van der Waals surface area contributed by atoms with Crippen molar-refractivity contribution in [3.05, 3.63) is 40.7 Å². The number of amides is 1. The molecule has 4 heterocycles. The molecule has 2 aliphatic rings. The monoisotopic (exact) mass is 492 g/mol. The molecule has 1 amide bonds. The molecule has 184 valence electrons. The van der Waals surface area contributed by atoms with Crippen molar-refractivity contribution < 1.29 is 4.79 Å². The molecule has 9 nitrogen and oxygen atoms in total. The molecule has 2 aliphatic heterocycles. The second kappa shape index (κ2) is 9.09. The van der Waals surface area contributed by atoms with Crippen molar-refractivity contribution in [1.82, 2.24) is 19.9 Å². The van der Waals surface area contributed by atoms with E-state index in [2.05, 4.69) is 57.3 Å². The number of thiazole rings is 1. The Kier molecular flexibility index (Phi) is 6.10. The lowest BCUT2D eigenvalue weighted by atomic mass is 10.1. The lowest BCUT2D eigenvalue weighted by Gasteiger charge is -2.35. The van der Waals surface area contributed by atoms with Gasteiger partial charge in [0.25, 0.3) is 5.91 Å². The van der Waals surface area contributed by atoms with E-state index in [1.807, 2.05) is 32.7 Å². The molecule has 1 fully saturated rings. The Bertz CT molecular complexity index is 1260. The fraction of sp³-hybridized carbons (Fsp3) is 0.440. The number of carbonyl (C=O) groups excluding carboxylic acids is 1. The van der Waals surface area contributed by atoms with E-state index < -0.39 is 0 Å². The van der Waals surface area contributed by atoms with E-state index in [4.69, 9.17) is 4.98 Å². The Morgan fingerprint density at radius 3 is 2.46 bits per heavy atom. The molecule has 0 aliphatic carbocycles. The SMILES string of the molecule is Cc1nc2c(s1)N(C)c1nc(Nc3ccc(N4CCN(C)CC4)c(C)c3)ncc1N(C(C)C)C2=O. The van der Waals surface area contributed by atoms with Gasteiger partial charge in [-0.25, -0.2) is 9.97 Å². The summed E-state index contributed by atoms with van der Waals surface area (Å²) in [4.78, 5) is 35.8. The summed E-state index contributed by atoms with van der Waals surface area (Å²) in [6.45, 7) is 12.3. The van der Waals surface area contributed by atoms with Crippen molar-refractivity contribution in [2.75, 3.05) is 60.3 Å². The van der Waals surface area contributed by atoms with Gasteiger partial charge in [-0.15, -0.1) is 11.3 Å². The van der Waals surface area contributed by atoms with Crippen LogP contribution in [-0.2, 0) is 0 Å². The van der Waals surface area contributed by atoms with E-state index in [-0.39, 0.29) is 11.9 Å². The van der Waals surface area contributed by atoms with Gasteiger partial charge in [0, 0.05) is 50.6 Å². The number of benzene rings is 1. The fourth-order valence-electron chi connectivity index (χ4n) is 4.72. The molecule has 0 atom stereocenters. The van der Waals surface area contributed by atoms with Gasteiger partial charge in [0.1, 0.15) is 10.7 Å². The molecule has 35 heavy (non-hydrogen) atoms. The number of nitrogens with zero attached hydrogens (tertiary/aromatic N) is 7. The standard InChI is InChI=1S/C25H32N8OS/c1-15(2)33-20-14-26-25(29-22(20)31(6)24-21(23(33)34)27-17(4)35-24)28-18-7-8-19(16(3)13-18)32-11-9-30(5)10-12-32/h7-8,13-15H,9-12H2,1-6H3,(H,26,28,29). The predicted octanol–water partition coefficient (Wildman–Crippen LogP) is 4.18. The first-order valence-corrected chi connectivity index (χ1v) is 12.8. The Hall–Kier alpha value is -3.24. The van der Waals surface area contributed by atoms with Gasteiger partial charge in [-0.2, -0.15) is 4.98 Å². The summed E-state index contributed by atoms with van der Waals surface area (Å²) in [5, 5.41) is 5.02. The first-order valence-electron chi connectivity index (χ1n) is 12.0. The third-order valence-corrected chi connectivity index (χ3v) is 7.63. The highest BCUT2D eigenvalue weighted by Crippen LogP contribution is 2.42. The van der Waals surface area contributed by atoms with E-state index in [9.17, 15) is 4.79 Å². The van der Waals surface area contributed by atoms with Crippen LogP contribution in [-0.4, -0.2) is 72.1 Å². The molecule has 1 saturated heterocycles. The summed E-state index contributed by atoms with van der Waals surface area (Å²) >= 11 is 1.50. The molecule has 2 aromatic heterocycles. The van der Waals surface area contributed by atoms with Crippen LogP contribution in [0.2, 0.25) is 0 Å². The van der Waals surface area contributed by atoms with Crippen molar-refractivity contribution >= 4 is 51.1 Å². The Morgan fingerprint density at radius 2 is 1.77 bits per heavy atom. The van der Waals surface area contributed by atoms with Crippen LogP contribution in [0.3, 0.4) is 0 Å². The van der Waals surface area contributed by atoms with Gasteiger partial charge < -0.3 is 20.0 Å². The highest BCUT2D eigenvalue weighted by atomic mass is 32.1. The number of anilines is 6. The van der Waals surface area contributed by atoms with Crippen LogP contribution >= 0.6 is 11.3 Å². The number of aryl methyl sites for hydroxylation is 2. The lowest BCUT2D eigenvalue weighted by Crippen LogP contribution is -2.44. The molecule has 0 spiro atoms. The Morgan fingerprint density at radius 1 is 1.03 bits per heavy atom. The average molecular weight is 493 g/mol. The summed E-state index contributed by atoms with van der Waals surface area (Å²) in [5.41, 5.74) is 4.56. The smallest absolute Gasteiger partial charge is 0.280 e. The second-order valence-electron chi connectivity index (χ2n) is 9.53. The van der Waals surface area contributed by atoms with Crippen LogP contribution < -0.4 is 20.0 Å². The van der Waals surface area contributed by atoms with Crippen LogP contribution in [0.5, 0.6) is 0 Å². The molecule has 0 unspecified atom stereocenters.